The van der Waals surface area contributed by atoms with Gasteiger partial charge < -0.3 is 19.5 Å². The second-order valence-corrected chi connectivity index (χ2v) is 9.87. The third-order valence-corrected chi connectivity index (χ3v) is 7.26. The van der Waals surface area contributed by atoms with Crippen molar-refractivity contribution in [3.63, 3.8) is 0 Å². The lowest BCUT2D eigenvalue weighted by Gasteiger charge is -2.28. The molecule has 1 atom stereocenters. The summed E-state index contributed by atoms with van der Waals surface area (Å²) in [4.78, 5) is 16.7. The van der Waals surface area contributed by atoms with Gasteiger partial charge in [0.25, 0.3) is 0 Å². The molecule has 2 aliphatic heterocycles. The molecule has 6 heteroatoms. The number of carbonyl (C=O) groups excluding carboxylic acids is 1. The highest BCUT2D eigenvalue weighted by molar-refractivity contribution is 5.86. The molecule has 1 N–H and O–H groups in total. The van der Waals surface area contributed by atoms with Crippen molar-refractivity contribution in [3.05, 3.63) is 83.9 Å². The van der Waals surface area contributed by atoms with Crippen molar-refractivity contribution in [1.29, 1.82) is 0 Å². The minimum Gasteiger partial charge on any atom is -0.491 e. The largest absolute Gasteiger partial charge is 0.491 e. The van der Waals surface area contributed by atoms with Gasteiger partial charge in [-0.1, -0.05) is 60.7 Å². The van der Waals surface area contributed by atoms with Gasteiger partial charge in [-0.25, -0.2) is 0 Å². The van der Waals surface area contributed by atoms with Crippen molar-refractivity contribution in [2.75, 3.05) is 52.5 Å². The Balaban J connectivity index is 1.10. The molecule has 2 heterocycles. The summed E-state index contributed by atoms with van der Waals surface area (Å²) >= 11 is 0. The van der Waals surface area contributed by atoms with E-state index in [2.05, 4.69) is 53.4 Å². The van der Waals surface area contributed by atoms with Gasteiger partial charge in [0.15, 0.2) is 0 Å². The lowest BCUT2D eigenvalue weighted by molar-refractivity contribution is -0.135. The first kappa shape index (κ1) is 25.5. The Bertz CT molecular complexity index is 1230. The molecule has 0 aromatic heterocycles. The number of carbonyl (C=O) groups is 1. The summed E-state index contributed by atoms with van der Waals surface area (Å²) in [7, 11) is 0. The Kier molecular flexibility index (Phi) is 8.51. The van der Waals surface area contributed by atoms with Crippen LogP contribution in [0.2, 0.25) is 0 Å². The summed E-state index contributed by atoms with van der Waals surface area (Å²) in [5.41, 5.74) is 3.65. The van der Waals surface area contributed by atoms with Crippen LogP contribution in [-0.2, 0) is 16.0 Å². The zero-order valence-corrected chi connectivity index (χ0v) is 21.4. The zero-order valence-electron chi connectivity index (χ0n) is 21.4. The number of fused-ring (bicyclic) bond motifs is 1. The van der Waals surface area contributed by atoms with E-state index in [4.69, 9.17) is 9.47 Å². The molecule has 3 aromatic rings. The van der Waals surface area contributed by atoms with Crippen molar-refractivity contribution < 1.29 is 19.4 Å². The van der Waals surface area contributed by atoms with Crippen LogP contribution in [-0.4, -0.2) is 79.5 Å². The Morgan fingerprint density at radius 3 is 2.57 bits per heavy atom. The van der Waals surface area contributed by atoms with Gasteiger partial charge in [-0.15, -0.1) is 0 Å². The number of aliphatic hydroxyl groups is 1. The topological polar surface area (TPSA) is 62.2 Å². The summed E-state index contributed by atoms with van der Waals surface area (Å²) in [5, 5.41) is 13.2. The van der Waals surface area contributed by atoms with Crippen LogP contribution in [0.4, 0.5) is 0 Å². The molecular weight excluding hydrogens is 464 g/mol. The number of rotatable bonds is 9. The van der Waals surface area contributed by atoms with Crippen molar-refractivity contribution in [2.24, 2.45) is 0 Å². The normalized spacial score (nSPS) is 17.4. The average molecular weight is 501 g/mol. The van der Waals surface area contributed by atoms with Gasteiger partial charge in [-0.2, -0.15) is 0 Å². The number of aliphatic hydroxyl groups excluding tert-OH is 1. The molecule has 0 spiro atoms. The number of morpholine rings is 1. The average Bonchev–Trinajstić information content (AvgIpc) is 2.96. The second kappa shape index (κ2) is 12.4. The predicted molar refractivity (Wildman–Crippen MR) is 147 cm³/mol. The number of amides is 1. The van der Waals surface area contributed by atoms with Crippen LogP contribution >= 0.6 is 0 Å². The second-order valence-electron chi connectivity index (χ2n) is 9.87. The third kappa shape index (κ3) is 6.77. The first-order chi connectivity index (χ1) is 18.2. The van der Waals surface area contributed by atoms with Crippen LogP contribution < -0.4 is 4.74 Å². The molecule has 2 aliphatic rings. The SMILES string of the molecule is O=C(CCc1ccccc1OCC(O)CN1CC=C(c2ccc3ccccc3c2)CC1)N1CCOCC1. The summed E-state index contributed by atoms with van der Waals surface area (Å²) < 4.78 is 11.3. The number of aryl methyl sites for hydroxylation is 1. The van der Waals surface area contributed by atoms with E-state index in [0.717, 1.165) is 30.8 Å². The van der Waals surface area contributed by atoms with E-state index >= 15 is 0 Å². The summed E-state index contributed by atoms with van der Waals surface area (Å²) in [6.45, 7) is 5.08. The van der Waals surface area contributed by atoms with E-state index in [0.29, 0.717) is 45.7 Å². The van der Waals surface area contributed by atoms with E-state index in [-0.39, 0.29) is 12.5 Å². The van der Waals surface area contributed by atoms with Crippen LogP contribution in [0.25, 0.3) is 16.3 Å². The van der Waals surface area contributed by atoms with Gasteiger partial charge in [0.2, 0.25) is 5.91 Å². The van der Waals surface area contributed by atoms with Gasteiger partial charge in [-0.3, -0.25) is 9.69 Å². The molecule has 1 fully saturated rings. The quantitative estimate of drug-likeness (QED) is 0.478. The molecule has 0 radical (unpaired) electrons. The molecule has 0 bridgehead atoms. The summed E-state index contributed by atoms with van der Waals surface area (Å²) in [6.07, 6.45) is 3.73. The van der Waals surface area contributed by atoms with Crippen LogP contribution in [0.15, 0.2) is 72.8 Å². The fraction of sp³-hybridized carbons (Fsp3) is 0.387. The van der Waals surface area contributed by atoms with Crippen LogP contribution in [0.5, 0.6) is 5.75 Å². The lowest BCUT2D eigenvalue weighted by Crippen LogP contribution is -2.40. The van der Waals surface area contributed by atoms with Crippen LogP contribution in [0.3, 0.4) is 0 Å². The molecule has 0 saturated carbocycles. The Morgan fingerprint density at radius 1 is 0.973 bits per heavy atom. The highest BCUT2D eigenvalue weighted by Gasteiger charge is 2.19. The standard InChI is InChI=1S/C31H36N2O4/c34-29(22-32-15-13-25(14-16-32)28-10-9-24-5-1-2-7-27(24)21-28)23-37-30-8-4-3-6-26(30)11-12-31(35)33-17-19-36-20-18-33/h1-10,13,21,29,34H,11-12,14-20,22-23H2. The number of hydrogen-bond donors (Lipinski definition) is 1. The fourth-order valence-corrected chi connectivity index (χ4v) is 5.13. The molecule has 6 nitrogen and oxygen atoms in total. The molecule has 37 heavy (non-hydrogen) atoms. The third-order valence-electron chi connectivity index (χ3n) is 7.26. The van der Waals surface area contributed by atoms with Crippen LogP contribution in [0, 0.1) is 0 Å². The minimum absolute atomic E-state index is 0.152. The smallest absolute Gasteiger partial charge is 0.223 e. The van der Waals surface area contributed by atoms with Crippen LogP contribution in [0.1, 0.15) is 24.0 Å². The number of nitrogens with zero attached hydrogens (tertiary/aromatic N) is 2. The highest BCUT2D eigenvalue weighted by Crippen LogP contribution is 2.26. The van der Waals surface area contributed by atoms with E-state index in [9.17, 15) is 9.90 Å². The maximum atomic E-state index is 12.5. The van der Waals surface area contributed by atoms with Crippen molar-refractivity contribution >= 4 is 22.3 Å². The molecular formula is C31H36N2O4. The van der Waals surface area contributed by atoms with Crippen molar-refractivity contribution in [3.8, 4) is 5.75 Å². The monoisotopic (exact) mass is 500 g/mol. The molecule has 1 saturated heterocycles. The lowest BCUT2D eigenvalue weighted by atomic mass is 9.97. The Labute approximate surface area is 219 Å². The number of ether oxygens (including phenoxy) is 2. The first-order valence-corrected chi connectivity index (χ1v) is 13.3. The van der Waals surface area contributed by atoms with E-state index in [1.807, 2.05) is 29.2 Å². The van der Waals surface area contributed by atoms with Gasteiger partial charge in [0.05, 0.1) is 13.2 Å². The Morgan fingerprint density at radius 2 is 1.76 bits per heavy atom. The van der Waals surface area contributed by atoms with Crippen molar-refractivity contribution in [2.45, 2.75) is 25.4 Å². The highest BCUT2D eigenvalue weighted by atomic mass is 16.5. The molecule has 1 amide bonds. The minimum atomic E-state index is -0.585. The van der Waals surface area contributed by atoms with E-state index in [1.165, 1.54) is 21.9 Å². The maximum absolute atomic E-state index is 12.5. The number of benzene rings is 3. The fourth-order valence-electron chi connectivity index (χ4n) is 5.13. The van der Waals surface area contributed by atoms with E-state index < -0.39 is 6.10 Å². The molecule has 194 valence electrons. The van der Waals surface area contributed by atoms with Gasteiger partial charge in [0, 0.05) is 39.1 Å². The van der Waals surface area contributed by atoms with Crippen molar-refractivity contribution in [1.82, 2.24) is 9.80 Å². The molecule has 5 rings (SSSR count). The van der Waals surface area contributed by atoms with E-state index in [1.54, 1.807) is 0 Å². The number of β-amino-alcohol motifs (C(OH)–C–C–N with tert-alkyl or cyclic N) is 1. The van der Waals surface area contributed by atoms with Gasteiger partial charge in [0.1, 0.15) is 18.5 Å². The summed E-state index contributed by atoms with van der Waals surface area (Å²) in [5.74, 6) is 0.896. The maximum Gasteiger partial charge on any atom is 0.223 e. The molecule has 0 aliphatic carbocycles. The predicted octanol–water partition coefficient (Wildman–Crippen LogP) is 4.16. The molecule has 1 unspecified atom stereocenters. The zero-order chi connectivity index (χ0) is 25.5. The summed E-state index contributed by atoms with van der Waals surface area (Å²) in [6, 6.07) is 22.9. The number of hydrogen-bond acceptors (Lipinski definition) is 5. The van der Waals surface area contributed by atoms with Gasteiger partial charge >= 0.3 is 0 Å². The first-order valence-electron chi connectivity index (χ1n) is 13.3. The number of para-hydroxylation sites is 1. The Hall–Kier alpha value is -3.19. The molecule has 3 aromatic carbocycles. The van der Waals surface area contributed by atoms with Gasteiger partial charge in [-0.05, 0) is 52.4 Å².